The van der Waals surface area contributed by atoms with Gasteiger partial charge in [-0.3, -0.25) is 0 Å². The fourth-order valence-corrected chi connectivity index (χ4v) is 3.99. The van der Waals surface area contributed by atoms with Crippen molar-refractivity contribution in [2.75, 3.05) is 6.54 Å². The molecule has 116 valence electrons. The van der Waals surface area contributed by atoms with E-state index >= 15 is 0 Å². The van der Waals surface area contributed by atoms with E-state index in [1.165, 1.54) is 44.9 Å². The van der Waals surface area contributed by atoms with Crippen LogP contribution in [-0.2, 0) is 6.42 Å². The first-order chi connectivity index (χ1) is 10.2. The topological polar surface area (TPSA) is 12.0 Å². The van der Waals surface area contributed by atoms with Gasteiger partial charge in [-0.15, -0.1) is 0 Å². The number of hydrogen-bond donors (Lipinski definition) is 1. The number of rotatable bonds is 5. The smallest absolute Gasteiger partial charge is 0.126 e. The first-order valence-electron chi connectivity index (χ1n) is 8.39. The quantitative estimate of drug-likeness (QED) is 0.727. The monoisotopic (exact) mass is 353 g/mol. The standard InChI is InChI=1S/C18H25BrFN/c19-16-6-9-18(20)15(11-16)10-13-4-2-1-3-5-14(13)12-21-17-7-8-17/h6,9,11,13-14,17,21H,1-5,7-8,10,12H2. The molecule has 3 heteroatoms. The summed E-state index contributed by atoms with van der Waals surface area (Å²) in [4.78, 5) is 0. The zero-order chi connectivity index (χ0) is 14.7. The molecule has 2 aliphatic rings. The van der Waals surface area contributed by atoms with Gasteiger partial charge in [0.05, 0.1) is 0 Å². The Hall–Kier alpha value is -0.410. The maximum atomic E-state index is 14.0. The summed E-state index contributed by atoms with van der Waals surface area (Å²) in [6, 6.07) is 6.12. The van der Waals surface area contributed by atoms with Crippen molar-refractivity contribution < 1.29 is 4.39 Å². The Labute approximate surface area is 135 Å². The Kier molecular flexibility index (Phi) is 5.33. The van der Waals surface area contributed by atoms with Crippen LogP contribution in [0, 0.1) is 17.7 Å². The van der Waals surface area contributed by atoms with Crippen LogP contribution in [0.25, 0.3) is 0 Å². The third-order valence-electron chi connectivity index (χ3n) is 5.05. The average Bonchev–Trinajstić information content (AvgIpc) is 3.28. The van der Waals surface area contributed by atoms with E-state index < -0.39 is 0 Å². The molecule has 0 radical (unpaired) electrons. The van der Waals surface area contributed by atoms with Crippen LogP contribution in [0.5, 0.6) is 0 Å². The molecule has 0 aromatic heterocycles. The van der Waals surface area contributed by atoms with Crippen LogP contribution in [0.15, 0.2) is 22.7 Å². The van der Waals surface area contributed by atoms with Crippen molar-refractivity contribution >= 4 is 15.9 Å². The normalized spacial score (nSPS) is 26.6. The van der Waals surface area contributed by atoms with Crippen LogP contribution in [0.3, 0.4) is 0 Å². The van der Waals surface area contributed by atoms with Crippen molar-refractivity contribution in [3.63, 3.8) is 0 Å². The molecule has 1 aromatic carbocycles. The lowest BCUT2D eigenvalue weighted by molar-refractivity contribution is 0.294. The fourth-order valence-electron chi connectivity index (χ4n) is 3.59. The Morgan fingerprint density at radius 2 is 1.81 bits per heavy atom. The van der Waals surface area contributed by atoms with Gasteiger partial charge >= 0.3 is 0 Å². The lowest BCUT2D eigenvalue weighted by Gasteiger charge is -2.26. The van der Waals surface area contributed by atoms with E-state index in [4.69, 9.17) is 0 Å². The van der Waals surface area contributed by atoms with Crippen molar-refractivity contribution in [3.8, 4) is 0 Å². The second-order valence-electron chi connectivity index (χ2n) is 6.78. The highest BCUT2D eigenvalue weighted by atomic mass is 79.9. The van der Waals surface area contributed by atoms with E-state index in [1.807, 2.05) is 6.07 Å². The van der Waals surface area contributed by atoms with Crippen LogP contribution in [0.1, 0.15) is 50.5 Å². The van der Waals surface area contributed by atoms with Crippen molar-refractivity contribution in [1.82, 2.24) is 5.32 Å². The molecule has 0 spiro atoms. The highest BCUT2D eigenvalue weighted by Crippen LogP contribution is 2.33. The number of halogens is 2. The van der Waals surface area contributed by atoms with Gasteiger partial charge in [0.15, 0.2) is 0 Å². The van der Waals surface area contributed by atoms with E-state index in [0.717, 1.165) is 29.0 Å². The van der Waals surface area contributed by atoms with Crippen molar-refractivity contribution in [2.24, 2.45) is 11.8 Å². The number of nitrogens with one attached hydrogen (secondary N) is 1. The molecule has 0 aliphatic heterocycles. The lowest BCUT2D eigenvalue weighted by Crippen LogP contribution is -2.30. The van der Waals surface area contributed by atoms with Gasteiger partial charge < -0.3 is 5.32 Å². The fraction of sp³-hybridized carbons (Fsp3) is 0.667. The van der Waals surface area contributed by atoms with Crippen LogP contribution in [-0.4, -0.2) is 12.6 Å². The van der Waals surface area contributed by atoms with Gasteiger partial charge in [-0.2, -0.15) is 0 Å². The molecule has 0 amide bonds. The minimum absolute atomic E-state index is 0.0450. The predicted molar refractivity (Wildman–Crippen MR) is 88.9 cm³/mol. The average molecular weight is 354 g/mol. The molecule has 3 rings (SSSR count). The molecular weight excluding hydrogens is 329 g/mol. The van der Waals surface area contributed by atoms with E-state index in [2.05, 4.69) is 21.2 Å². The zero-order valence-electron chi connectivity index (χ0n) is 12.6. The van der Waals surface area contributed by atoms with Gasteiger partial charge in [0.2, 0.25) is 0 Å². The summed E-state index contributed by atoms with van der Waals surface area (Å²) in [5.41, 5.74) is 0.882. The summed E-state index contributed by atoms with van der Waals surface area (Å²) >= 11 is 3.47. The number of benzene rings is 1. The molecule has 1 aromatic rings. The SMILES string of the molecule is Fc1ccc(Br)cc1CC1CCCCCC1CNC1CC1. The maximum absolute atomic E-state index is 14.0. The molecule has 2 fully saturated rings. The zero-order valence-corrected chi connectivity index (χ0v) is 14.2. The third-order valence-corrected chi connectivity index (χ3v) is 5.55. The summed E-state index contributed by atoms with van der Waals surface area (Å²) < 4.78 is 15.0. The molecule has 1 nitrogen and oxygen atoms in total. The van der Waals surface area contributed by atoms with Gasteiger partial charge in [0.1, 0.15) is 5.82 Å². The molecule has 1 N–H and O–H groups in total. The summed E-state index contributed by atoms with van der Waals surface area (Å²) in [6.07, 6.45) is 10.1. The molecule has 0 saturated heterocycles. The molecular formula is C18H25BrFN. The van der Waals surface area contributed by atoms with E-state index in [9.17, 15) is 4.39 Å². The van der Waals surface area contributed by atoms with Crippen molar-refractivity contribution in [1.29, 1.82) is 0 Å². The number of hydrogen-bond acceptors (Lipinski definition) is 1. The van der Waals surface area contributed by atoms with E-state index in [-0.39, 0.29) is 5.82 Å². The minimum Gasteiger partial charge on any atom is -0.314 e. The first-order valence-corrected chi connectivity index (χ1v) is 9.19. The third kappa shape index (κ3) is 4.53. The lowest BCUT2D eigenvalue weighted by atomic mass is 9.83. The van der Waals surface area contributed by atoms with Gasteiger partial charge in [0, 0.05) is 10.5 Å². The predicted octanol–water partition coefficient (Wildman–Crippen LogP) is 5.08. The van der Waals surface area contributed by atoms with Crippen molar-refractivity contribution in [2.45, 2.75) is 57.4 Å². The highest BCUT2D eigenvalue weighted by Gasteiger charge is 2.27. The molecule has 0 heterocycles. The molecule has 2 saturated carbocycles. The van der Waals surface area contributed by atoms with E-state index in [1.54, 1.807) is 12.1 Å². The second kappa shape index (κ2) is 7.23. The largest absolute Gasteiger partial charge is 0.314 e. The first kappa shape index (κ1) is 15.5. The molecule has 0 bridgehead atoms. The Balaban J connectivity index is 1.67. The summed E-state index contributed by atoms with van der Waals surface area (Å²) in [6.45, 7) is 1.13. The van der Waals surface area contributed by atoms with Crippen molar-refractivity contribution in [3.05, 3.63) is 34.1 Å². The van der Waals surface area contributed by atoms with E-state index in [0.29, 0.717) is 11.8 Å². The minimum atomic E-state index is -0.0450. The Morgan fingerprint density at radius 1 is 1.05 bits per heavy atom. The second-order valence-corrected chi connectivity index (χ2v) is 7.70. The summed E-state index contributed by atoms with van der Waals surface area (Å²) in [5.74, 6) is 1.30. The highest BCUT2D eigenvalue weighted by molar-refractivity contribution is 9.10. The van der Waals surface area contributed by atoms with Gasteiger partial charge in [-0.25, -0.2) is 4.39 Å². The van der Waals surface area contributed by atoms with Crippen LogP contribution in [0.4, 0.5) is 4.39 Å². The van der Waals surface area contributed by atoms with Crippen LogP contribution in [0.2, 0.25) is 0 Å². The Morgan fingerprint density at radius 3 is 2.57 bits per heavy atom. The van der Waals surface area contributed by atoms with Gasteiger partial charge in [-0.1, -0.05) is 35.2 Å². The molecule has 2 atom stereocenters. The Bertz CT molecular complexity index is 472. The van der Waals surface area contributed by atoms with Crippen LogP contribution < -0.4 is 5.32 Å². The van der Waals surface area contributed by atoms with Gasteiger partial charge in [0.25, 0.3) is 0 Å². The van der Waals surface area contributed by atoms with Gasteiger partial charge in [-0.05, 0) is 74.2 Å². The van der Waals surface area contributed by atoms with Crippen LogP contribution >= 0.6 is 15.9 Å². The summed E-state index contributed by atoms with van der Waals surface area (Å²) in [5, 5.41) is 3.69. The molecule has 2 aliphatic carbocycles. The molecule has 2 unspecified atom stereocenters. The maximum Gasteiger partial charge on any atom is 0.126 e. The summed E-state index contributed by atoms with van der Waals surface area (Å²) in [7, 11) is 0. The molecule has 21 heavy (non-hydrogen) atoms.